The van der Waals surface area contributed by atoms with Crippen molar-refractivity contribution in [3.8, 4) is 11.5 Å². The van der Waals surface area contributed by atoms with E-state index >= 15 is 0 Å². The highest BCUT2D eigenvalue weighted by atomic mass is 16.5. The Morgan fingerprint density at radius 3 is 2.70 bits per heavy atom. The molecule has 3 amide bonds. The lowest BCUT2D eigenvalue weighted by molar-refractivity contribution is -0.125. The van der Waals surface area contributed by atoms with Gasteiger partial charge in [-0.2, -0.15) is 5.10 Å². The molecule has 0 aliphatic carbocycles. The molecule has 180 valence electrons. The summed E-state index contributed by atoms with van der Waals surface area (Å²) in [6.45, 7) is 7.13. The average molecular weight is 457 g/mol. The van der Waals surface area contributed by atoms with Gasteiger partial charge in [-0.15, -0.1) is 0 Å². The van der Waals surface area contributed by atoms with Crippen molar-refractivity contribution in [3.63, 3.8) is 0 Å². The Hall–Kier alpha value is -2.61. The van der Waals surface area contributed by atoms with Gasteiger partial charge in [-0.1, -0.05) is 19.8 Å². The molecule has 0 spiro atoms. The summed E-state index contributed by atoms with van der Waals surface area (Å²) < 4.78 is 11.6. The zero-order chi connectivity index (χ0) is 23.0. The lowest BCUT2D eigenvalue weighted by Gasteiger charge is -2.26. The highest BCUT2D eigenvalue weighted by Crippen LogP contribution is 2.30. The van der Waals surface area contributed by atoms with Crippen molar-refractivity contribution >= 4 is 17.6 Å². The number of fused-ring (bicyclic) bond motifs is 1. The maximum atomic E-state index is 12.9. The third-order valence-electron chi connectivity index (χ3n) is 6.46. The molecular formula is C25H36N4O4. The minimum Gasteiger partial charge on any atom is -0.494 e. The number of imide groups is 1. The van der Waals surface area contributed by atoms with Gasteiger partial charge in [0.05, 0.1) is 18.9 Å². The second kappa shape index (κ2) is 11.5. The van der Waals surface area contributed by atoms with Gasteiger partial charge in [0, 0.05) is 18.5 Å². The zero-order valence-electron chi connectivity index (χ0n) is 19.8. The number of carbonyl (C=O) groups is 2. The normalized spacial score (nSPS) is 20.3. The van der Waals surface area contributed by atoms with E-state index in [1.54, 1.807) is 0 Å². The van der Waals surface area contributed by atoms with Crippen LogP contribution in [0.1, 0.15) is 63.9 Å². The van der Waals surface area contributed by atoms with Gasteiger partial charge in [-0.05, 0) is 69.9 Å². The van der Waals surface area contributed by atoms with Crippen LogP contribution in [-0.2, 0) is 4.79 Å². The summed E-state index contributed by atoms with van der Waals surface area (Å²) in [5.74, 6) is 1.32. The number of hydrogen-bond acceptors (Lipinski definition) is 6. The molecule has 33 heavy (non-hydrogen) atoms. The monoisotopic (exact) mass is 456 g/mol. The first-order valence-electron chi connectivity index (χ1n) is 12.5. The largest absolute Gasteiger partial charge is 0.494 e. The van der Waals surface area contributed by atoms with E-state index in [2.05, 4.69) is 16.9 Å². The quantitative estimate of drug-likeness (QED) is 0.395. The van der Waals surface area contributed by atoms with Gasteiger partial charge in [0.15, 0.2) is 0 Å². The molecule has 0 bridgehead atoms. The topological polar surface area (TPSA) is 74.7 Å². The molecule has 0 unspecified atom stereocenters. The van der Waals surface area contributed by atoms with Crippen LogP contribution in [0.2, 0.25) is 0 Å². The number of rotatable bonds is 10. The Kier molecular flexibility index (Phi) is 8.20. The number of carbonyl (C=O) groups excluding carboxylic acids is 2. The molecule has 0 atom stereocenters. The number of benzene rings is 1. The van der Waals surface area contributed by atoms with Crippen LogP contribution in [0.3, 0.4) is 0 Å². The molecule has 3 aliphatic heterocycles. The van der Waals surface area contributed by atoms with Crippen LogP contribution in [-0.4, -0.2) is 78.4 Å². The second-order valence-corrected chi connectivity index (χ2v) is 9.00. The number of likely N-dealkylation sites (tertiary alicyclic amines) is 1. The van der Waals surface area contributed by atoms with Crippen LogP contribution in [0.5, 0.6) is 11.5 Å². The summed E-state index contributed by atoms with van der Waals surface area (Å²) >= 11 is 0. The van der Waals surface area contributed by atoms with Crippen LogP contribution in [0, 0.1) is 0 Å². The van der Waals surface area contributed by atoms with Gasteiger partial charge in [0.2, 0.25) is 0 Å². The molecule has 0 aromatic heterocycles. The van der Waals surface area contributed by atoms with Crippen LogP contribution in [0.25, 0.3) is 0 Å². The number of piperidine rings is 1. The van der Waals surface area contributed by atoms with E-state index < -0.39 is 0 Å². The van der Waals surface area contributed by atoms with E-state index in [-0.39, 0.29) is 18.5 Å². The Balaban J connectivity index is 1.35. The molecule has 8 nitrogen and oxygen atoms in total. The molecule has 0 saturated carbocycles. The van der Waals surface area contributed by atoms with Crippen molar-refractivity contribution in [1.82, 2.24) is 14.8 Å². The molecule has 2 saturated heterocycles. The van der Waals surface area contributed by atoms with E-state index in [0.717, 1.165) is 55.0 Å². The molecule has 3 aliphatic rings. The second-order valence-electron chi connectivity index (χ2n) is 9.00. The van der Waals surface area contributed by atoms with E-state index in [4.69, 9.17) is 9.47 Å². The molecule has 3 heterocycles. The minimum atomic E-state index is -0.325. The number of urea groups is 1. The molecule has 2 fully saturated rings. The van der Waals surface area contributed by atoms with Gasteiger partial charge in [0.1, 0.15) is 18.0 Å². The summed E-state index contributed by atoms with van der Waals surface area (Å²) in [5.41, 5.74) is 1.58. The van der Waals surface area contributed by atoms with Gasteiger partial charge in [0.25, 0.3) is 5.91 Å². The molecule has 1 aromatic rings. The number of nitrogens with zero attached hydrogens (tertiary/aromatic N) is 4. The Morgan fingerprint density at radius 2 is 1.88 bits per heavy atom. The summed E-state index contributed by atoms with van der Waals surface area (Å²) in [6, 6.07) is 5.38. The first-order chi connectivity index (χ1) is 16.2. The highest BCUT2D eigenvalue weighted by Gasteiger charge is 2.36. The third kappa shape index (κ3) is 6.05. The zero-order valence-corrected chi connectivity index (χ0v) is 19.8. The summed E-state index contributed by atoms with van der Waals surface area (Å²) in [5, 5.41) is 5.90. The van der Waals surface area contributed by atoms with Crippen molar-refractivity contribution in [2.45, 2.75) is 58.3 Å². The maximum Gasteiger partial charge on any atom is 0.347 e. The van der Waals surface area contributed by atoms with Crippen molar-refractivity contribution in [2.75, 3.05) is 45.9 Å². The maximum absolute atomic E-state index is 12.9. The predicted octanol–water partition coefficient (Wildman–Crippen LogP) is 3.88. The van der Waals surface area contributed by atoms with E-state index in [1.807, 2.05) is 18.2 Å². The van der Waals surface area contributed by atoms with Crippen molar-refractivity contribution in [3.05, 3.63) is 23.8 Å². The molecule has 0 radical (unpaired) electrons. The number of ether oxygens (including phenoxy) is 2. The summed E-state index contributed by atoms with van der Waals surface area (Å²) in [6.07, 6.45) is 8.35. The van der Waals surface area contributed by atoms with E-state index in [0.29, 0.717) is 26.2 Å². The molecule has 1 aromatic carbocycles. The number of unbranched alkanes of at least 4 members (excludes halogenated alkanes) is 2. The molecule has 0 N–H and O–H groups in total. The number of hydrazone groups is 1. The van der Waals surface area contributed by atoms with Gasteiger partial charge in [-0.25, -0.2) is 9.80 Å². The Morgan fingerprint density at radius 1 is 1.06 bits per heavy atom. The Labute approximate surface area is 196 Å². The predicted molar refractivity (Wildman–Crippen MR) is 127 cm³/mol. The number of amides is 3. The smallest absolute Gasteiger partial charge is 0.347 e. The van der Waals surface area contributed by atoms with Crippen LogP contribution in [0.4, 0.5) is 4.79 Å². The van der Waals surface area contributed by atoms with Crippen LogP contribution in [0.15, 0.2) is 23.3 Å². The van der Waals surface area contributed by atoms with E-state index in [1.165, 1.54) is 42.3 Å². The standard InChI is InChI=1S/C25H36N4O4/c1-2-3-16-32-20-9-10-23-21(18-20)22(11-17-33-23)26-29-19-24(30)28(25(29)31)15-8-7-14-27-12-5-4-6-13-27/h9-10,18H,2-8,11-17,19H2,1H3/b26-22+. The minimum absolute atomic E-state index is 0.00264. The lowest BCUT2D eigenvalue weighted by atomic mass is 10.0. The molecular weight excluding hydrogens is 420 g/mol. The van der Waals surface area contributed by atoms with Gasteiger partial charge in [-0.3, -0.25) is 9.69 Å². The van der Waals surface area contributed by atoms with Crippen molar-refractivity contribution < 1.29 is 19.1 Å². The van der Waals surface area contributed by atoms with Crippen LogP contribution >= 0.6 is 0 Å². The highest BCUT2D eigenvalue weighted by molar-refractivity contribution is 6.06. The summed E-state index contributed by atoms with van der Waals surface area (Å²) in [4.78, 5) is 29.3. The fourth-order valence-electron chi connectivity index (χ4n) is 4.54. The van der Waals surface area contributed by atoms with Gasteiger partial charge >= 0.3 is 6.03 Å². The van der Waals surface area contributed by atoms with Gasteiger partial charge < -0.3 is 14.4 Å². The average Bonchev–Trinajstić information content (AvgIpc) is 3.10. The van der Waals surface area contributed by atoms with Crippen LogP contribution < -0.4 is 9.47 Å². The fraction of sp³-hybridized carbons (Fsp3) is 0.640. The first kappa shape index (κ1) is 23.5. The third-order valence-corrected chi connectivity index (χ3v) is 6.46. The van der Waals surface area contributed by atoms with E-state index in [9.17, 15) is 9.59 Å². The fourth-order valence-corrected chi connectivity index (χ4v) is 4.54. The molecule has 4 rings (SSSR count). The Bertz CT molecular complexity index is 866. The summed E-state index contributed by atoms with van der Waals surface area (Å²) in [7, 11) is 0. The number of hydrogen-bond donors (Lipinski definition) is 0. The lowest BCUT2D eigenvalue weighted by Crippen LogP contribution is -2.34. The molecule has 8 heteroatoms. The SMILES string of the molecule is CCCCOc1ccc2c(c1)/C(=N/N1CC(=O)N(CCCCN3CCCCC3)C1=O)CCO2. The van der Waals surface area contributed by atoms with Crippen molar-refractivity contribution in [2.24, 2.45) is 5.10 Å². The van der Waals surface area contributed by atoms with Crippen molar-refractivity contribution in [1.29, 1.82) is 0 Å². The first-order valence-corrected chi connectivity index (χ1v) is 12.5.